The lowest BCUT2D eigenvalue weighted by Crippen LogP contribution is -2.43. The Hall–Kier alpha value is -0.940. The van der Waals surface area contributed by atoms with Crippen LogP contribution in [-0.4, -0.2) is 36.2 Å². The highest BCUT2D eigenvalue weighted by molar-refractivity contribution is 5.13. The minimum absolute atomic E-state index is 0.0141. The van der Waals surface area contributed by atoms with Crippen LogP contribution in [0.4, 0.5) is 0 Å². The van der Waals surface area contributed by atoms with E-state index in [9.17, 15) is 5.11 Å². The largest absolute Gasteiger partial charge is 0.374 e. The predicted octanol–water partition coefficient (Wildman–Crippen LogP) is 2.60. The van der Waals surface area contributed by atoms with Crippen molar-refractivity contribution in [1.82, 2.24) is 5.32 Å². The van der Waals surface area contributed by atoms with Crippen molar-refractivity contribution in [3.8, 4) is 0 Å². The number of aliphatic hydroxyl groups excluding tert-OH is 1. The summed E-state index contributed by atoms with van der Waals surface area (Å²) in [5, 5.41) is 13.6. The van der Waals surface area contributed by atoms with Gasteiger partial charge < -0.3 is 19.9 Å². The molecule has 0 amide bonds. The summed E-state index contributed by atoms with van der Waals surface area (Å²) in [6, 6.07) is 10.7. The topological polar surface area (TPSA) is 50.7 Å². The van der Waals surface area contributed by atoms with Crippen LogP contribution in [0.5, 0.6) is 0 Å². The summed E-state index contributed by atoms with van der Waals surface area (Å²) < 4.78 is 11.3. The van der Waals surface area contributed by atoms with Crippen LogP contribution in [0.3, 0.4) is 0 Å². The van der Waals surface area contributed by atoms with Gasteiger partial charge in [0.1, 0.15) is 0 Å². The zero-order valence-electron chi connectivity index (χ0n) is 13.1. The van der Waals surface area contributed by atoms with E-state index in [0.717, 1.165) is 12.0 Å². The average Bonchev–Trinajstić information content (AvgIpc) is 2.89. The second kappa shape index (κ2) is 8.06. The third-order valence-corrected chi connectivity index (χ3v) is 4.66. The van der Waals surface area contributed by atoms with Crippen molar-refractivity contribution in [2.45, 2.75) is 69.6 Å². The quantitative estimate of drug-likeness (QED) is 0.848. The fraction of sp³-hybridized carbons (Fsp3) is 0.667. The Kier molecular flexibility index (Phi) is 5.84. The Morgan fingerprint density at radius 2 is 1.91 bits per heavy atom. The summed E-state index contributed by atoms with van der Waals surface area (Å²) >= 11 is 0. The van der Waals surface area contributed by atoms with Crippen molar-refractivity contribution in [2.75, 3.05) is 6.61 Å². The Morgan fingerprint density at radius 1 is 1.14 bits per heavy atom. The molecule has 1 aromatic rings. The van der Waals surface area contributed by atoms with E-state index in [-0.39, 0.29) is 12.1 Å². The van der Waals surface area contributed by atoms with Gasteiger partial charge in [0.05, 0.1) is 25.4 Å². The molecule has 3 rings (SSSR count). The normalized spacial score (nSPS) is 29.8. The second-order valence-corrected chi connectivity index (χ2v) is 6.49. The van der Waals surface area contributed by atoms with Gasteiger partial charge in [-0.25, -0.2) is 0 Å². The molecule has 2 fully saturated rings. The van der Waals surface area contributed by atoms with Gasteiger partial charge in [-0.3, -0.25) is 0 Å². The van der Waals surface area contributed by atoms with Crippen molar-refractivity contribution in [2.24, 2.45) is 0 Å². The van der Waals surface area contributed by atoms with Gasteiger partial charge in [-0.15, -0.1) is 0 Å². The van der Waals surface area contributed by atoms with Gasteiger partial charge in [0.15, 0.2) is 6.29 Å². The molecular formula is C18H27NO3. The molecule has 2 aliphatic rings. The molecule has 4 nitrogen and oxygen atoms in total. The molecule has 1 aliphatic carbocycles. The van der Waals surface area contributed by atoms with E-state index in [4.69, 9.17) is 9.47 Å². The first-order valence-electron chi connectivity index (χ1n) is 8.52. The molecule has 1 aliphatic heterocycles. The maximum absolute atomic E-state index is 10.1. The van der Waals surface area contributed by atoms with E-state index in [0.29, 0.717) is 19.3 Å². The Bertz CT molecular complexity index is 433. The van der Waals surface area contributed by atoms with Crippen molar-refractivity contribution < 1.29 is 14.6 Å². The summed E-state index contributed by atoms with van der Waals surface area (Å²) in [6.07, 6.45) is 6.49. The molecular weight excluding hydrogens is 278 g/mol. The maximum atomic E-state index is 10.1. The zero-order valence-corrected chi connectivity index (χ0v) is 13.1. The van der Waals surface area contributed by atoms with Crippen LogP contribution >= 0.6 is 0 Å². The van der Waals surface area contributed by atoms with Gasteiger partial charge in [-0.2, -0.15) is 0 Å². The fourth-order valence-corrected chi connectivity index (χ4v) is 3.46. The number of hydrogen-bond acceptors (Lipinski definition) is 4. The van der Waals surface area contributed by atoms with Crippen LogP contribution in [0.25, 0.3) is 0 Å². The SMILES string of the molecule is O[C@@H]1O[C@H](COCc2ccccc2)C[C@@H]1NC1CCCCC1. The molecule has 0 unspecified atom stereocenters. The summed E-state index contributed by atoms with van der Waals surface area (Å²) in [5.74, 6) is 0. The van der Waals surface area contributed by atoms with Gasteiger partial charge in [-0.05, 0) is 24.8 Å². The average molecular weight is 305 g/mol. The number of benzene rings is 1. The minimum atomic E-state index is -0.702. The molecule has 4 heteroatoms. The van der Waals surface area contributed by atoms with Crippen molar-refractivity contribution in [1.29, 1.82) is 0 Å². The molecule has 2 N–H and O–H groups in total. The predicted molar refractivity (Wildman–Crippen MR) is 85.4 cm³/mol. The molecule has 1 saturated heterocycles. The van der Waals surface area contributed by atoms with E-state index in [2.05, 4.69) is 17.4 Å². The zero-order chi connectivity index (χ0) is 15.2. The fourth-order valence-electron chi connectivity index (χ4n) is 3.46. The van der Waals surface area contributed by atoms with Crippen LogP contribution in [0.2, 0.25) is 0 Å². The Balaban J connectivity index is 1.38. The number of ether oxygens (including phenoxy) is 2. The molecule has 0 bridgehead atoms. The molecule has 0 spiro atoms. The van der Waals surface area contributed by atoms with Gasteiger partial charge in [0.25, 0.3) is 0 Å². The van der Waals surface area contributed by atoms with Crippen LogP contribution in [0.15, 0.2) is 30.3 Å². The lowest BCUT2D eigenvalue weighted by Gasteiger charge is -2.27. The number of hydrogen-bond donors (Lipinski definition) is 2. The summed E-state index contributed by atoms with van der Waals surface area (Å²) in [6.45, 7) is 1.13. The lowest BCUT2D eigenvalue weighted by atomic mass is 9.94. The van der Waals surface area contributed by atoms with Crippen molar-refractivity contribution >= 4 is 0 Å². The van der Waals surface area contributed by atoms with Gasteiger partial charge in [-0.1, -0.05) is 49.6 Å². The Morgan fingerprint density at radius 3 is 2.68 bits per heavy atom. The van der Waals surface area contributed by atoms with E-state index in [1.54, 1.807) is 0 Å². The van der Waals surface area contributed by atoms with Gasteiger partial charge >= 0.3 is 0 Å². The van der Waals surface area contributed by atoms with Crippen LogP contribution in [0.1, 0.15) is 44.1 Å². The van der Waals surface area contributed by atoms with E-state index < -0.39 is 6.29 Å². The molecule has 22 heavy (non-hydrogen) atoms. The monoisotopic (exact) mass is 305 g/mol. The van der Waals surface area contributed by atoms with Crippen LogP contribution < -0.4 is 5.32 Å². The lowest BCUT2D eigenvalue weighted by molar-refractivity contribution is -0.117. The van der Waals surface area contributed by atoms with E-state index >= 15 is 0 Å². The smallest absolute Gasteiger partial charge is 0.170 e. The van der Waals surface area contributed by atoms with Crippen molar-refractivity contribution in [3.05, 3.63) is 35.9 Å². The summed E-state index contributed by atoms with van der Waals surface area (Å²) in [5.41, 5.74) is 1.16. The number of nitrogens with one attached hydrogen (secondary N) is 1. The molecule has 122 valence electrons. The first-order chi connectivity index (χ1) is 10.8. The molecule has 1 saturated carbocycles. The first kappa shape index (κ1) is 15.9. The molecule has 0 radical (unpaired) electrons. The van der Waals surface area contributed by atoms with Gasteiger partial charge in [0, 0.05) is 6.04 Å². The molecule has 1 aromatic carbocycles. The highest BCUT2D eigenvalue weighted by Gasteiger charge is 2.35. The Labute approximate surface area is 132 Å². The van der Waals surface area contributed by atoms with E-state index in [1.165, 1.54) is 32.1 Å². The summed E-state index contributed by atoms with van der Waals surface area (Å²) in [7, 11) is 0. The van der Waals surface area contributed by atoms with Crippen LogP contribution in [-0.2, 0) is 16.1 Å². The molecule has 1 heterocycles. The molecule has 0 aromatic heterocycles. The standard InChI is InChI=1S/C18H27NO3/c20-18-17(19-15-9-5-2-6-10-15)11-16(22-18)13-21-12-14-7-3-1-4-8-14/h1,3-4,7-8,15-20H,2,5-6,9-13H2/t16-,17-,18+/m0/s1. The first-order valence-corrected chi connectivity index (χ1v) is 8.52. The van der Waals surface area contributed by atoms with E-state index in [1.807, 2.05) is 18.2 Å². The number of rotatable bonds is 6. The van der Waals surface area contributed by atoms with Crippen molar-refractivity contribution in [3.63, 3.8) is 0 Å². The third-order valence-electron chi connectivity index (χ3n) is 4.66. The third kappa shape index (κ3) is 4.53. The molecule has 3 atom stereocenters. The highest BCUT2D eigenvalue weighted by atomic mass is 16.6. The minimum Gasteiger partial charge on any atom is -0.374 e. The second-order valence-electron chi connectivity index (χ2n) is 6.49. The highest BCUT2D eigenvalue weighted by Crippen LogP contribution is 2.23. The number of aliphatic hydroxyl groups is 1. The van der Waals surface area contributed by atoms with Gasteiger partial charge in [0.2, 0.25) is 0 Å². The maximum Gasteiger partial charge on any atom is 0.170 e. The van der Waals surface area contributed by atoms with Crippen LogP contribution in [0, 0.1) is 0 Å². The summed E-state index contributed by atoms with van der Waals surface area (Å²) in [4.78, 5) is 0.